The molecule has 0 N–H and O–H groups in total. The third kappa shape index (κ3) is 6.49. The fraction of sp³-hybridized carbons (Fsp3) is 1.00. The van der Waals surface area contributed by atoms with E-state index in [2.05, 4.69) is 41.3 Å². The van der Waals surface area contributed by atoms with Gasteiger partial charge in [0.25, 0.3) is 0 Å². The number of rotatable bonds is 5. The Hall–Kier alpha value is 0.430. The standard InChI is InChI=1S/C12H29P/c1-7-13(6,8-2)11-9-10-12(3,4)5/h13H,7-11H2,1-6H3. The van der Waals surface area contributed by atoms with Crippen LogP contribution in [-0.4, -0.2) is 25.2 Å². The quantitative estimate of drug-likeness (QED) is 0.588. The molecule has 0 spiro atoms. The molecule has 0 unspecified atom stereocenters. The van der Waals surface area contributed by atoms with Crippen molar-refractivity contribution in [3.63, 3.8) is 0 Å². The van der Waals surface area contributed by atoms with Crippen molar-refractivity contribution in [1.82, 2.24) is 0 Å². The Balaban J connectivity index is 3.74. The van der Waals surface area contributed by atoms with Gasteiger partial charge in [-0.15, -0.1) is 0 Å². The molecule has 13 heavy (non-hydrogen) atoms. The van der Waals surface area contributed by atoms with Gasteiger partial charge < -0.3 is 0 Å². The van der Waals surface area contributed by atoms with Crippen molar-refractivity contribution in [2.45, 2.75) is 47.5 Å². The first kappa shape index (κ1) is 13.4. The molecule has 0 aliphatic carbocycles. The molecule has 0 aliphatic heterocycles. The van der Waals surface area contributed by atoms with Crippen molar-refractivity contribution in [3.05, 3.63) is 0 Å². The summed E-state index contributed by atoms with van der Waals surface area (Å²) in [6.07, 6.45) is 7.32. The van der Waals surface area contributed by atoms with Crippen LogP contribution >= 0.6 is 7.26 Å². The van der Waals surface area contributed by atoms with Crippen LogP contribution in [0, 0.1) is 5.41 Å². The van der Waals surface area contributed by atoms with Crippen molar-refractivity contribution >= 4 is 7.26 Å². The minimum absolute atomic E-state index is 0.538. The summed E-state index contributed by atoms with van der Waals surface area (Å²) in [7, 11) is -0.797. The van der Waals surface area contributed by atoms with Crippen molar-refractivity contribution in [2.75, 3.05) is 25.2 Å². The molecular formula is C12H29P. The minimum atomic E-state index is -0.797. The second kappa shape index (κ2) is 5.35. The van der Waals surface area contributed by atoms with Crippen LogP contribution in [0.3, 0.4) is 0 Å². The average molecular weight is 204 g/mol. The summed E-state index contributed by atoms with van der Waals surface area (Å²) in [6.45, 7) is 14.4. The first-order chi connectivity index (χ1) is 5.83. The monoisotopic (exact) mass is 204 g/mol. The topological polar surface area (TPSA) is 0 Å². The van der Waals surface area contributed by atoms with Gasteiger partial charge >= 0.3 is 85.3 Å². The Morgan fingerprint density at radius 1 is 1.00 bits per heavy atom. The predicted octanol–water partition coefficient (Wildman–Crippen LogP) is 4.23. The Kier molecular flexibility index (Phi) is 5.52. The van der Waals surface area contributed by atoms with Crippen molar-refractivity contribution in [2.24, 2.45) is 5.41 Å². The normalized spacial score (nSPS) is 14.6. The van der Waals surface area contributed by atoms with E-state index in [0.717, 1.165) is 0 Å². The molecule has 0 heterocycles. The van der Waals surface area contributed by atoms with E-state index in [1.165, 1.54) is 31.3 Å². The molecule has 0 radical (unpaired) electrons. The molecule has 0 amide bonds. The Morgan fingerprint density at radius 3 is 1.77 bits per heavy atom. The van der Waals surface area contributed by atoms with Gasteiger partial charge in [-0.05, 0) is 0 Å². The van der Waals surface area contributed by atoms with Gasteiger partial charge in [0.15, 0.2) is 0 Å². The van der Waals surface area contributed by atoms with E-state index in [-0.39, 0.29) is 0 Å². The van der Waals surface area contributed by atoms with Gasteiger partial charge in [0.05, 0.1) is 0 Å². The van der Waals surface area contributed by atoms with E-state index in [4.69, 9.17) is 0 Å². The third-order valence-electron chi connectivity index (χ3n) is 3.41. The van der Waals surface area contributed by atoms with Crippen LogP contribution in [0.25, 0.3) is 0 Å². The average Bonchev–Trinajstić information content (AvgIpc) is 2.02. The van der Waals surface area contributed by atoms with Crippen LogP contribution in [-0.2, 0) is 0 Å². The van der Waals surface area contributed by atoms with E-state index in [0.29, 0.717) is 5.41 Å². The van der Waals surface area contributed by atoms with E-state index in [1.807, 2.05) is 0 Å². The van der Waals surface area contributed by atoms with Crippen LogP contribution in [0.1, 0.15) is 47.5 Å². The molecule has 0 aromatic rings. The summed E-state index contributed by atoms with van der Waals surface area (Å²) in [4.78, 5) is 0. The Morgan fingerprint density at radius 2 is 1.46 bits per heavy atom. The van der Waals surface area contributed by atoms with Gasteiger partial charge in [-0.3, -0.25) is 0 Å². The van der Waals surface area contributed by atoms with Gasteiger partial charge in [0, 0.05) is 0 Å². The van der Waals surface area contributed by atoms with Gasteiger partial charge in [-0.1, -0.05) is 0 Å². The second-order valence-electron chi connectivity index (χ2n) is 5.93. The summed E-state index contributed by atoms with van der Waals surface area (Å²) in [6, 6.07) is 0. The molecule has 1 heteroatoms. The molecule has 0 fully saturated rings. The Bertz CT molecular complexity index is 129. The van der Waals surface area contributed by atoms with Gasteiger partial charge in [0.1, 0.15) is 0 Å². The zero-order valence-corrected chi connectivity index (χ0v) is 11.5. The third-order valence-corrected chi connectivity index (χ3v) is 8.39. The fourth-order valence-electron chi connectivity index (χ4n) is 1.65. The van der Waals surface area contributed by atoms with Gasteiger partial charge in [-0.25, -0.2) is 0 Å². The molecule has 0 bridgehead atoms. The SMILES string of the molecule is CC[PH](C)(CC)CCCC(C)(C)C. The number of hydrogen-bond donors (Lipinski definition) is 0. The molecule has 0 aliphatic rings. The molecule has 0 nitrogen and oxygen atoms in total. The van der Waals surface area contributed by atoms with E-state index >= 15 is 0 Å². The predicted molar refractivity (Wildman–Crippen MR) is 68.9 cm³/mol. The molecule has 0 rings (SSSR count). The van der Waals surface area contributed by atoms with Gasteiger partial charge in [0.2, 0.25) is 0 Å². The molecule has 0 aromatic carbocycles. The van der Waals surface area contributed by atoms with Crippen LogP contribution in [0.2, 0.25) is 0 Å². The second-order valence-corrected chi connectivity index (χ2v) is 11.5. The van der Waals surface area contributed by atoms with Crippen molar-refractivity contribution < 1.29 is 0 Å². The van der Waals surface area contributed by atoms with Crippen molar-refractivity contribution in [3.8, 4) is 0 Å². The maximum atomic E-state index is 2.57. The molecule has 82 valence electrons. The summed E-state index contributed by atoms with van der Waals surface area (Å²) in [5.74, 6) is 0. The van der Waals surface area contributed by atoms with Gasteiger partial charge in [-0.2, -0.15) is 0 Å². The Labute approximate surface area is 85.8 Å². The molecule has 0 saturated heterocycles. The van der Waals surface area contributed by atoms with Crippen LogP contribution < -0.4 is 0 Å². The molecule has 0 saturated carbocycles. The summed E-state index contributed by atoms with van der Waals surface area (Å²) >= 11 is 0. The number of hydrogen-bond acceptors (Lipinski definition) is 0. The summed E-state index contributed by atoms with van der Waals surface area (Å²) in [5, 5.41) is 0. The summed E-state index contributed by atoms with van der Waals surface area (Å²) in [5.41, 5.74) is 0.538. The van der Waals surface area contributed by atoms with E-state index < -0.39 is 7.26 Å². The van der Waals surface area contributed by atoms with Crippen molar-refractivity contribution in [1.29, 1.82) is 0 Å². The van der Waals surface area contributed by atoms with Crippen LogP contribution in [0.4, 0.5) is 0 Å². The van der Waals surface area contributed by atoms with Crippen LogP contribution in [0.5, 0.6) is 0 Å². The zero-order valence-electron chi connectivity index (χ0n) is 10.5. The van der Waals surface area contributed by atoms with Crippen LogP contribution in [0.15, 0.2) is 0 Å². The molecule has 0 atom stereocenters. The fourth-order valence-corrected chi connectivity index (χ4v) is 3.89. The molecule has 0 aromatic heterocycles. The zero-order chi connectivity index (χ0) is 10.5. The maximum absolute atomic E-state index is 2.57. The first-order valence-electron chi connectivity index (χ1n) is 5.83. The first-order valence-corrected chi connectivity index (χ1v) is 8.95. The van der Waals surface area contributed by atoms with E-state index in [1.54, 1.807) is 0 Å². The van der Waals surface area contributed by atoms with E-state index in [9.17, 15) is 0 Å². The molecular weight excluding hydrogens is 175 g/mol. The summed E-state index contributed by atoms with van der Waals surface area (Å²) < 4.78 is 0.